The zero-order valence-electron chi connectivity index (χ0n) is 16.2. The lowest BCUT2D eigenvalue weighted by atomic mass is 10.0. The van der Waals surface area contributed by atoms with Crippen LogP contribution in [-0.4, -0.2) is 20.2 Å². The first kappa shape index (κ1) is 18.2. The molecule has 30 heavy (non-hydrogen) atoms. The number of aromatic nitrogens is 2. The Balaban J connectivity index is 1.59. The van der Waals surface area contributed by atoms with E-state index >= 15 is 0 Å². The van der Waals surface area contributed by atoms with Crippen LogP contribution in [0.15, 0.2) is 83.4 Å². The fourth-order valence-electron chi connectivity index (χ4n) is 3.65. The van der Waals surface area contributed by atoms with E-state index in [2.05, 4.69) is 11.1 Å². The van der Waals surface area contributed by atoms with E-state index < -0.39 is 0 Å². The first-order valence-electron chi connectivity index (χ1n) is 9.75. The van der Waals surface area contributed by atoms with Crippen LogP contribution in [0.4, 0.5) is 0 Å². The number of para-hydroxylation sites is 1. The predicted octanol–water partition coefficient (Wildman–Crippen LogP) is 5.28. The monoisotopic (exact) mass is 396 g/mol. The van der Waals surface area contributed by atoms with E-state index in [1.165, 1.54) is 0 Å². The van der Waals surface area contributed by atoms with Crippen molar-refractivity contribution in [2.24, 2.45) is 0 Å². The number of aliphatic hydroxyl groups is 1. The van der Waals surface area contributed by atoms with Gasteiger partial charge in [-0.2, -0.15) is 0 Å². The summed E-state index contributed by atoms with van der Waals surface area (Å²) in [5.41, 5.74) is 5.52. The van der Waals surface area contributed by atoms with Gasteiger partial charge in [0.05, 0.1) is 13.0 Å². The number of H-pyrrole nitrogens is 1. The number of benzene rings is 3. The molecule has 0 aliphatic rings. The largest absolute Gasteiger partial charge is 0.508 e. The number of oxazole rings is 1. The summed E-state index contributed by atoms with van der Waals surface area (Å²) in [5, 5.41) is 20.1. The molecule has 5 aromatic rings. The van der Waals surface area contributed by atoms with Gasteiger partial charge in [0, 0.05) is 28.2 Å². The van der Waals surface area contributed by atoms with Crippen molar-refractivity contribution < 1.29 is 14.6 Å². The number of nitrogens with one attached hydrogen (secondary N) is 1. The molecule has 0 bridgehead atoms. The van der Waals surface area contributed by atoms with E-state index in [1.807, 2.05) is 60.8 Å². The van der Waals surface area contributed by atoms with Crippen molar-refractivity contribution in [2.75, 3.05) is 0 Å². The highest BCUT2D eigenvalue weighted by molar-refractivity contribution is 5.83. The van der Waals surface area contributed by atoms with Gasteiger partial charge in [0.25, 0.3) is 0 Å². The molecule has 0 amide bonds. The predicted molar refractivity (Wildman–Crippen MR) is 116 cm³/mol. The van der Waals surface area contributed by atoms with E-state index in [0.717, 1.165) is 38.9 Å². The van der Waals surface area contributed by atoms with E-state index in [1.54, 1.807) is 12.1 Å². The van der Waals surface area contributed by atoms with Gasteiger partial charge in [0.1, 0.15) is 11.4 Å². The number of aromatic hydroxyl groups is 1. The van der Waals surface area contributed by atoms with Crippen LogP contribution in [0.3, 0.4) is 0 Å². The molecule has 0 fully saturated rings. The number of nitrogens with zero attached hydrogens (tertiary/aromatic N) is 1. The first-order chi connectivity index (χ1) is 14.7. The summed E-state index contributed by atoms with van der Waals surface area (Å²) in [6, 6.07) is 22.7. The Kier molecular flexibility index (Phi) is 4.58. The molecular weight excluding hydrogens is 376 g/mol. The summed E-state index contributed by atoms with van der Waals surface area (Å²) < 4.78 is 6.22. The van der Waals surface area contributed by atoms with Crippen LogP contribution in [0.2, 0.25) is 0 Å². The van der Waals surface area contributed by atoms with Crippen molar-refractivity contribution in [1.29, 1.82) is 0 Å². The fraction of sp³-hybridized carbons (Fsp3) is 0.0800. The number of hydrogen-bond donors (Lipinski definition) is 3. The Morgan fingerprint density at radius 2 is 1.60 bits per heavy atom. The van der Waals surface area contributed by atoms with Crippen molar-refractivity contribution in [3.05, 3.63) is 96.0 Å². The van der Waals surface area contributed by atoms with Gasteiger partial charge >= 0.3 is 0 Å². The topological polar surface area (TPSA) is 82.3 Å². The average molecular weight is 396 g/mol. The van der Waals surface area contributed by atoms with Gasteiger partial charge in [0.2, 0.25) is 0 Å². The number of fused-ring (bicyclic) bond motifs is 1. The summed E-state index contributed by atoms with van der Waals surface area (Å²) in [6.45, 7) is -0.00424. The molecule has 0 spiro atoms. The van der Waals surface area contributed by atoms with E-state index in [9.17, 15) is 10.2 Å². The Labute approximate surface area is 173 Å². The number of hydrogen-bond acceptors (Lipinski definition) is 4. The zero-order valence-corrected chi connectivity index (χ0v) is 16.2. The maximum Gasteiger partial charge on any atom is 0.200 e. The number of rotatable bonds is 5. The summed E-state index contributed by atoms with van der Waals surface area (Å²) >= 11 is 0. The maximum atomic E-state index is 9.65. The lowest BCUT2D eigenvalue weighted by Crippen LogP contribution is -1.88. The van der Waals surface area contributed by atoms with Gasteiger partial charge in [0.15, 0.2) is 11.7 Å². The lowest BCUT2D eigenvalue weighted by Gasteiger charge is -2.03. The van der Waals surface area contributed by atoms with Gasteiger partial charge in [-0.1, -0.05) is 42.5 Å². The molecule has 0 aliphatic heterocycles. The van der Waals surface area contributed by atoms with Crippen molar-refractivity contribution in [2.45, 2.75) is 13.0 Å². The van der Waals surface area contributed by atoms with Crippen molar-refractivity contribution >= 4 is 10.9 Å². The maximum absolute atomic E-state index is 9.65. The number of aliphatic hydroxyl groups excluding tert-OH is 1. The van der Waals surface area contributed by atoms with Crippen LogP contribution in [-0.2, 0) is 13.0 Å². The molecule has 148 valence electrons. The Hall–Kier alpha value is -3.83. The molecule has 0 saturated carbocycles. The van der Waals surface area contributed by atoms with Gasteiger partial charge in [-0.05, 0) is 41.5 Å². The Morgan fingerprint density at radius 3 is 2.37 bits per heavy atom. The van der Waals surface area contributed by atoms with Crippen LogP contribution in [0, 0.1) is 0 Å². The van der Waals surface area contributed by atoms with Gasteiger partial charge in [-0.25, -0.2) is 4.98 Å². The zero-order chi connectivity index (χ0) is 20.5. The van der Waals surface area contributed by atoms with Gasteiger partial charge < -0.3 is 19.6 Å². The minimum absolute atomic E-state index is 0.00424. The van der Waals surface area contributed by atoms with Gasteiger partial charge in [-0.15, -0.1) is 0 Å². The van der Waals surface area contributed by atoms with Crippen molar-refractivity contribution in [1.82, 2.24) is 9.97 Å². The van der Waals surface area contributed by atoms with Crippen LogP contribution in [0.25, 0.3) is 33.5 Å². The Morgan fingerprint density at radius 1 is 0.867 bits per heavy atom. The molecule has 0 saturated heterocycles. The van der Waals surface area contributed by atoms with Crippen LogP contribution >= 0.6 is 0 Å². The van der Waals surface area contributed by atoms with Crippen LogP contribution < -0.4 is 0 Å². The minimum atomic E-state index is -0.00424. The van der Waals surface area contributed by atoms with Crippen LogP contribution in [0.1, 0.15) is 17.0 Å². The highest BCUT2D eigenvalue weighted by Crippen LogP contribution is 2.34. The second-order valence-corrected chi connectivity index (χ2v) is 7.22. The van der Waals surface area contributed by atoms with Crippen LogP contribution in [0.5, 0.6) is 5.75 Å². The second kappa shape index (κ2) is 7.54. The summed E-state index contributed by atoms with van der Waals surface area (Å²) in [5.74, 6) is 1.47. The quantitative estimate of drug-likeness (QED) is 0.378. The summed E-state index contributed by atoms with van der Waals surface area (Å²) in [7, 11) is 0. The molecule has 0 atom stereocenters. The third-order valence-electron chi connectivity index (χ3n) is 5.23. The van der Waals surface area contributed by atoms with Crippen molar-refractivity contribution in [3.63, 3.8) is 0 Å². The smallest absolute Gasteiger partial charge is 0.200 e. The molecule has 3 aromatic carbocycles. The fourth-order valence-corrected chi connectivity index (χ4v) is 3.65. The molecule has 3 N–H and O–H groups in total. The lowest BCUT2D eigenvalue weighted by molar-refractivity contribution is 0.282. The first-order valence-corrected chi connectivity index (χ1v) is 9.75. The van der Waals surface area contributed by atoms with E-state index in [0.29, 0.717) is 18.1 Å². The highest BCUT2D eigenvalue weighted by Gasteiger charge is 2.18. The average Bonchev–Trinajstić information content (AvgIpc) is 3.39. The SMILES string of the molecule is OCc1ccc(-c2nc(Cc3c[nH]c4ccccc34)oc2-c2ccc(O)cc2)cc1. The van der Waals surface area contributed by atoms with Gasteiger partial charge in [-0.3, -0.25) is 0 Å². The molecule has 5 nitrogen and oxygen atoms in total. The molecule has 5 rings (SSSR count). The molecule has 5 heteroatoms. The minimum Gasteiger partial charge on any atom is -0.508 e. The van der Waals surface area contributed by atoms with E-state index in [-0.39, 0.29) is 12.4 Å². The number of aromatic amines is 1. The molecule has 0 unspecified atom stereocenters. The standard InChI is InChI=1S/C25H20N2O3/c28-15-16-5-7-17(8-6-16)24-25(18-9-11-20(29)12-10-18)30-23(27-24)13-19-14-26-22-4-2-1-3-21(19)22/h1-12,14,26,28-29H,13,15H2. The van der Waals surface area contributed by atoms with E-state index in [4.69, 9.17) is 9.40 Å². The summed E-state index contributed by atoms with van der Waals surface area (Å²) in [4.78, 5) is 8.10. The molecule has 0 aliphatic carbocycles. The van der Waals surface area contributed by atoms with Crippen molar-refractivity contribution in [3.8, 4) is 28.3 Å². The molecule has 2 aromatic heterocycles. The molecular formula is C25H20N2O3. The second-order valence-electron chi connectivity index (χ2n) is 7.22. The number of phenols is 1. The summed E-state index contributed by atoms with van der Waals surface area (Å²) in [6.07, 6.45) is 2.55. The number of phenolic OH excluding ortho intramolecular Hbond substituents is 1. The normalized spacial score (nSPS) is 11.2. The highest BCUT2D eigenvalue weighted by atomic mass is 16.4. The Bertz CT molecular complexity index is 1300. The molecule has 2 heterocycles. The third kappa shape index (κ3) is 3.36. The third-order valence-corrected chi connectivity index (χ3v) is 5.23. The molecule has 0 radical (unpaired) electrons.